The molecule has 0 aromatic carbocycles. The van der Waals surface area contributed by atoms with Crippen LogP contribution in [0.5, 0.6) is 0 Å². The summed E-state index contributed by atoms with van der Waals surface area (Å²) in [5, 5.41) is 12.5. The molecule has 0 unspecified atom stereocenters. The lowest BCUT2D eigenvalue weighted by Crippen LogP contribution is -2.20. The molecule has 0 aliphatic carbocycles. The fourth-order valence-electron chi connectivity index (χ4n) is 1.15. The lowest BCUT2D eigenvalue weighted by Gasteiger charge is -2.13. The summed E-state index contributed by atoms with van der Waals surface area (Å²) in [6.45, 7) is 4.20. The van der Waals surface area contributed by atoms with Gasteiger partial charge in [0, 0.05) is 28.2 Å². The number of hydrogen-bond donors (Lipinski definition) is 0. The van der Waals surface area contributed by atoms with Gasteiger partial charge in [-0.2, -0.15) is 10.2 Å². The van der Waals surface area contributed by atoms with E-state index in [1.54, 1.807) is 0 Å². The Kier molecular flexibility index (Phi) is 5.92. The molecule has 0 aromatic heterocycles. The quantitative estimate of drug-likeness (QED) is 0.497. The van der Waals surface area contributed by atoms with Crippen molar-refractivity contribution in [3.8, 4) is 0 Å². The van der Waals surface area contributed by atoms with Gasteiger partial charge in [-0.05, 0) is 12.8 Å². The zero-order chi connectivity index (χ0) is 11.1. The smallest absolute Gasteiger partial charge is 0.0834 e. The first kappa shape index (κ1) is 12.9. The van der Waals surface area contributed by atoms with Gasteiger partial charge < -0.3 is 10.0 Å². The molecule has 0 aliphatic heterocycles. The van der Waals surface area contributed by atoms with Crippen LogP contribution in [-0.2, 0) is 0 Å². The van der Waals surface area contributed by atoms with Crippen LogP contribution in [0.25, 0.3) is 0 Å². The van der Waals surface area contributed by atoms with E-state index in [9.17, 15) is 0 Å². The maximum Gasteiger partial charge on any atom is 0.0834 e. The molecule has 4 nitrogen and oxygen atoms in total. The van der Waals surface area contributed by atoms with E-state index in [0.717, 1.165) is 24.3 Å². The minimum Gasteiger partial charge on any atom is -0.303 e. The zero-order valence-corrected chi connectivity index (χ0v) is 10.2. The van der Waals surface area contributed by atoms with Crippen molar-refractivity contribution in [1.29, 1.82) is 0 Å². The third-order valence-electron chi connectivity index (χ3n) is 1.64. The van der Waals surface area contributed by atoms with Crippen LogP contribution in [-0.4, -0.2) is 49.6 Å². The highest BCUT2D eigenvalue weighted by Gasteiger charge is 2.06. The van der Waals surface area contributed by atoms with E-state index in [1.165, 1.54) is 0 Å². The first-order chi connectivity index (χ1) is 6.51. The minimum atomic E-state index is 0.915. The topological polar surface area (TPSA) is 31.2 Å². The van der Waals surface area contributed by atoms with Crippen molar-refractivity contribution in [2.45, 2.75) is 26.7 Å². The molecule has 4 heteroatoms. The minimum absolute atomic E-state index is 0.915. The van der Waals surface area contributed by atoms with E-state index in [0.29, 0.717) is 0 Å². The van der Waals surface area contributed by atoms with Gasteiger partial charge in [-0.3, -0.25) is 0 Å². The van der Waals surface area contributed by atoms with Crippen LogP contribution >= 0.6 is 0 Å². The Balaban J connectivity index is 4.79. The molecular formula is C10H22N4. The predicted molar refractivity (Wildman–Crippen MR) is 62.8 cm³/mol. The summed E-state index contributed by atoms with van der Waals surface area (Å²) in [7, 11) is 7.72. The van der Waals surface area contributed by atoms with E-state index in [1.807, 2.05) is 38.2 Å². The molecular weight excluding hydrogens is 176 g/mol. The van der Waals surface area contributed by atoms with E-state index < -0.39 is 0 Å². The molecule has 0 aromatic rings. The van der Waals surface area contributed by atoms with Crippen LogP contribution in [0.2, 0.25) is 0 Å². The Morgan fingerprint density at radius 1 is 0.786 bits per heavy atom. The van der Waals surface area contributed by atoms with Gasteiger partial charge in [-0.1, -0.05) is 13.8 Å². The molecule has 14 heavy (non-hydrogen) atoms. The molecule has 0 fully saturated rings. The number of hydrogen-bond acceptors (Lipinski definition) is 4. The van der Waals surface area contributed by atoms with Crippen LogP contribution < -0.4 is 0 Å². The van der Waals surface area contributed by atoms with Crippen molar-refractivity contribution in [2.75, 3.05) is 28.2 Å². The molecule has 0 rings (SSSR count). The van der Waals surface area contributed by atoms with Crippen molar-refractivity contribution < 1.29 is 0 Å². The summed E-state index contributed by atoms with van der Waals surface area (Å²) in [6.07, 6.45) is 1.83. The lowest BCUT2D eigenvalue weighted by atomic mass is 10.1. The van der Waals surface area contributed by atoms with Crippen molar-refractivity contribution in [3.63, 3.8) is 0 Å². The maximum atomic E-state index is 4.41. The third-order valence-corrected chi connectivity index (χ3v) is 1.64. The maximum absolute atomic E-state index is 4.41. The summed E-state index contributed by atoms with van der Waals surface area (Å²) in [6, 6.07) is 0. The molecule has 0 heterocycles. The highest BCUT2D eigenvalue weighted by molar-refractivity contribution is 6.42. The Morgan fingerprint density at radius 3 is 1.21 bits per heavy atom. The Morgan fingerprint density at radius 2 is 1.07 bits per heavy atom. The SMILES string of the molecule is CCC(=NN(C)C)C(CC)=NN(C)C. The number of hydrazone groups is 2. The van der Waals surface area contributed by atoms with Gasteiger partial charge in [0.2, 0.25) is 0 Å². The monoisotopic (exact) mass is 198 g/mol. The summed E-state index contributed by atoms with van der Waals surface area (Å²) in [5.41, 5.74) is 2.12. The Labute approximate surface area is 87.3 Å². The molecule has 0 atom stereocenters. The molecule has 82 valence electrons. The molecule has 0 N–H and O–H groups in total. The standard InChI is InChI=1S/C10H22N4/c1-7-9(11-13(3)4)10(8-2)12-14(5)6/h7-8H2,1-6H3. The fraction of sp³-hybridized carbons (Fsp3) is 0.800. The van der Waals surface area contributed by atoms with Gasteiger partial charge in [-0.15, -0.1) is 0 Å². The van der Waals surface area contributed by atoms with Crippen LogP contribution in [0, 0.1) is 0 Å². The van der Waals surface area contributed by atoms with Crippen molar-refractivity contribution in [1.82, 2.24) is 10.0 Å². The summed E-state index contributed by atoms with van der Waals surface area (Å²) in [5.74, 6) is 0. The van der Waals surface area contributed by atoms with E-state index in [-0.39, 0.29) is 0 Å². The van der Waals surface area contributed by atoms with E-state index in [4.69, 9.17) is 0 Å². The van der Waals surface area contributed by atoms with Gasteiger partial charge in [0.25, 0.3) is 0 Å². The van der Waals surface area contributed by atoms with Crippen LogP contribution in [0.3, 0.4) is 0 Å². The second kappa shape index (κ2) is 6.40. The van der Waals surface area contributed by atoms with Crippen LogP contribution in [0.15, 0.2) is 10.2 Å². The molecule has 0 spiro atoms. The highest BCUT2D eigenvalue weighted by atomic mass is 15.4. The largest absolute Gasteiger partial charge is 0.303 e. The van der Waals surface area contributed by atoms with Gasteiger partial charge in [0.15, 0.2) is 0 Å². The fourth-order valence-corrected chi connectivity index (χ4v) is 1.15. The number of rotatable bonds is 5. The first-order valence-electron chi connectivity index (χ1n) is 5.01. The van der Waals surface area contributed by atoms with Gasteiger partial charge in [0.05, 0.1) is 11.4 Å². The summed E-state index contributed by atoms with van der Waals surface area (Å²) < 4.78 is 0. The molecule has 0 amide bonds. The van der Waals surface area contributed by atoms with E-state index >= 15 is 0 Å². The second-order valence-electron chi connectivity index (χ2n) is 3.49. The Bertz CT molecular complexity index is 192. The van der Waals surface area contributed by atoms with Crippen molar-refractivity contribution in [3.05, 3.63) is 0 Å². The van der Waals surface area contributed by atoms with Gasteiger partial charge >= 0.3 is 0 Å². The third kappa shape index (κ3) is 4.84. The van der Waals surface area contributed by atoms with Crippen LogP contribution in [0.4, 0.5) is 0 Å². The number of nitrogens with zero attached hydrogens (tertiary/aromatic N) is 4. The highest BCUT2D eigenvalue weighted by Crippen LogP contribution is 1.98. The van der Waals surface area contributed by atoms with Crippen LogP contribution in [0.1, 0.15) is 26.7 Å². The molecule has 0 saturated carbocycles. The summed E-state index contributed by atoms with van der Waals surface area (Å²) in [4.78, 5) is 0. The second-order valence-corrected chi connectivity index (χ2v) is 3.49. The molecule has 0 bridgehead atoms. The van der Waals surface area contributed by atoms with E-state index in [2.05, 4.69) is 24.1 Å². The predicted octanol–water partition coefficient (Wildman–Crippen LogP) is 1.64. The molecule has 0 radical (unpaired) electrons. The normalized spacial score (nSPS) is 13.0. The molecule has 0 saturated heterocycles. The van der Waals surface area contributed by atoms with Gasteiger partial charge in [-0.25, -0.2) is 0 Å². The van der Waals surface area contributed by atoms with Gasteiger partial charge in [0.1, 0.15) is 0 Å². The average molecular weight is 198 g/mol. The summed E-state index contributed by atoms with van der Waals surface area (Å²) >= 11 is 0. The average Bonchev–Trinajstić information content (AvgIpc) is 2.10. The first-order valence-corrected chi connectivity index (χ1v) is 5.01. The Hall–Kier alpha value is -1.06. The van der Waals surface area contributed by atoms with Crippen molar-refractivity contribution >= 4 is 11.4 Å². The zero-order valence-electron chi connectivity index (χ0n) is 10.2. The lowest BCUT2D eigenvalue weighted by molar-refractivity contribution is 0.431. The molecule has 0 aliphatic rings. The van der Waals surface area contributed by atoms with Crippen molar-refractivity contribution in [2.24, 2.45) is 10.2 Å².